The summed E-state index contributed by atoms with van der Waals surface area (Å²) in [4.78, 5) is 23.5. The maximum absolute atomic E-state index is 11.8. The van der Waals surface area contributed by atoms with Gasteiger partial charge in [-0.15, -0.1) is 0 Å². The van der Waals surface area contributed by atoms with Crippen LogP contribution in [0.15, 0.2) is 54.6 Å². The van der Waals surface area contributed by atoms with Crippen LogP contribution in [-0.4, -0.2) is 31.6 Å². The molecule has 2 aromatic carbocycles. The molecule has 0 radical (unpaired) electrons. The number of hydrogen-bond donors (Lipinski definition) is 1. The molecule has 0 aromatic heterocycles. The van der Waals surface area contributed by atoms with Crippen LogP contribution in [0.4, 0.5) is 0 Å². The van der Waals surface area contributed by atoms with E-state index in [1.165, 1.54) is 17.2 Å². The smallest absolute Gasteiger partial charge is 0.331 e. The van der Waals surface area contributed by atoms with Crippen LogP contribution in [0.5, 0.6) is 5.75 Å². The van der Waals surface area contributed by atoms with Gasteiger partial charge in [-0.3, -0.25) is 4.79 Å². The van der Waals surface area contributed by atoms with Crippen molar-refractivity contribution in [3.05, 3.63) is 71.3 Å². The van der Waals surface area contributed by atoms with E-state index in [1.54, 1.807) is 6.08 Å². The molecule has 0 saturated carbocycles. The van der Waals surface area contributed by atoms with Gasteiger partial charge >= 0.3 is 5.97 Å². The summed E-state index contributed by atoms with van der Waals surface area (Å²) in [5.74, 6) is -0.0936. The first kappa shape index (κ1) is 20.2. The fourth-order valence-electron chi connectivity index (χ4n) is 2.47. The highest BCUT2D eigenvalue weighted by Gasteiger charge is 2.05. The van der Waals surface area contributed by atoms with Crippen LogP contribution in [0.25, 0.3) is 6.08 Å². The maximum Gasteiger partial charge on any atom is 0.331 e. The Hall–Kier alpha value is -3.08. The molecule has 27 heavy (non-hydrogen) atoms. The topological polar surface area (TPSA) is 64.6 Å². The highest BCUT2D eigenvalue weighted by atomic mass is 16.5. The third-order valence-electron chi connectivity index (χ3n) is 3.93. The molecule has 0 fully saturated rings. The normalized spacial score (nSPS) is 10.6. The summed E-state index contributed by atoms with van der Waals surface area (Å²) >= 11 is 0. The molecule has 0 saturated heterocycles. The Labute approximate surface area is 160 Å². The van der Waals surface area contributed by atoms with E-state index in [4.69, 9.17) is 9.47 Å². The Morgan fingerprint density at radius 2 is 1.81 bits per heavy atom. The SMILES string of the molecule is CCOc1ccc(/C=C/C(=O)OCC(=O)NCCc2ccccc2C)cc1. The van der Waals surface area contributed by atoms with Gasteiger partial charge in [-0.05, 0) is 55.2 Å². The van der Waals surface area contributed by atoms with E-state index in [-0.39, 0.29) is 12.5 Å². The maximum atomic E-state index is 11.8. The molecule has 0 aliphatic heterocycles. The van der Waals surface area contributed by atoms with Gasteiger partial charge < -0.3 is 14.8 Å². The van der Waals surface area contributed by atoms with E-state index in [2.05, 4.69) is 5.32 Å². The largest absolute Gasteiger partial charge is 0.494 e. The quantitative estimate of drug-likeness (QED) is 0.545. The van der Waals surface area contributed by atoms with Crippen LogP contribution in [0.1, 0.15) is 23.6 Å². The number of ether oxygens (including phenoxy) is 2. The van der Waals surface area contributed by atoms with Crippen molar-refractivity contribution in [2.45, 2.75) is 20.3 Å². The summed E-state index contributed by atoms with van der Waals surface area (Å²) in [7, 11) is 0. The average Bonchev–Trinajstić information content (AvgIpc) is 2.67. The molecule has 0 heterocycles. The summed E-state index contributed by atoms with van der Waals surface area (Å²) in [5.41, 5.74) is 3.23. The molecule has 0 unspecified atom stereocenters. The molecular weight excluding hydrogens is 342 g/mol. The highest BCUT2D eigenvalue weighted by Crippen LogP contribution is 2.13. The van der Waals surface area contributed by atoms with Crippen molar-refractivity contribution >= 4 is 18.0 Å². The minimum atomic E-state index is -0.557. The number of benzene rings is 2. The van der Waals surface area contributed by atoms with Crippen molar-refractivity contribution in [2.75, 3.05) is 19.8 Å². The number of nitrogens with one attached hydrogen (secondary N) is 1. The molecule has 142 valence electrons. The standard InChI is InChI=1S/C22H25NO4/c1-3-26-20-11-8-18(9-12-20)10-13-22(25)27-16-21(24)23-15-14-19-7-5-4-6-17(19)2/h4-13H,3,14-16H2,1-2H3,(H,23,24)/b13-10+. The third kappa shape index (κ3) is 7.36. The van der Waals surface area contributed by atoms with Crippen LogP contribution in [0.3, 0.4) is 0 Å². The molecule has 0 atom stereocenters. The van der Waals surface area contributed by atoms with Crippen LogP contribution in [0, 0.1) is 6.92 Å². The highest BCUT2D eigenvalue weighted by molar-refractivity contribution is 5.89. The number of carbonyl (C=O) groups excluding carboxylic acids is 2. The molecule has 2 aromatic rings. The summed E-state index contributed by atoms with van der Waals surface area (Å²) in [6.07, 6.45) is 3.68. The lowest BCUT2D eigenvalue weighted by atomic mass is 10.1. The summed E-state index contributed by atoms with van der Waals surface area (Å²) in [6, 6.07) is 15.4. The zero-order chi connectivity index (χ0) is 19.5. The van der Waals surface area contributed by atoms with Crippen molar-refractivity contribution in [2.24, 2.45) is 0 Å². The molecule has 0 aliphatic rings. The molecule has 1 amide bonds. The second-order valence-electron chi connectivity index (χ2n) is 5.97. The molecule has 0 bridgehead atoms. The van der Waals surface area contributed by atoms with Gasteiger partial charge in [0.15, 0.2) is 6.61 Å². The predicted octanol–water partition coefficient (Wildman–Crippen LogP) is 3.31. The van der Waals surface area contributed by atoms with E-state index < -0.39 is 5.97 Å². The number of rotatable bonds is 9. The van der Waals surface area contributed by atoms with Gasteiger partial charge in [0, 0.05) is 12.6 Å². The number of aryl methyl sites for hydroxylation is 1. The van der Waals surface area contributed by atoms with Crippen molar-refractivity contribution in [3.63, 3.8) is 0 Å². The zero-order valence-corrected chi connectivity index (χ0v) is 15.7. The molecule has 5 heteroatoms. The van der Waals surface area contributed by atoms with Gasteiger partial charge in [0.1, 0.15) is 5.75 Å². The predicted molar refractivity (Wildman–Crippen MR) is 105 cm³/mol. The fourth-order valence-corrected chi connectivity index (χ4v) is 2.47. The van der Waals surface area contributed by atoms with E-state index in [0.717, 1.165) is 17.7 Å². The summed E-state index contributed by atoms with van der Waals surface area (Å²) < 4.78 is 10.3. The van der Waals surface area contributed by atoms with Gasteiger partial charge in [0.25, 0.3) is 5.91 Å². The lowest BCUT2D eigenvalue weighted by Gasteiger charge is -2.07. The minimum absolute atomic E-state index is 0.291. The van der Waals surface area contributed by atoms with E-state index in [0.29, 0.717) is 13.2 Å². The van der Waals surface area contributed by atoms with E-state index in [9.17, 15) is 9.59 Å². The van der Waals surface area contributed by atoms with Crippen molar-refractivity contribution in [3.8, 4) is 5.75 Å². The van der Waals surface area contributed by atoms with Crippen molar-refractivity contribution in [1.82, 2.24) is 5.32 Å². The van der Waals surface area contributed by atoms with Crippen molar-refractivity contribution in [1.29, 1.82) is 0 Å². The average molecular weight is 367 g/mol. The number of hydrogen-bond acceptors (Lipinski definition) is 4. The molecule has 1 N–H and O–H groups in total. The van der Waals surface area contributed by atoms with Crippen LogP contribution in [0.2, 0.25) is 0 Å². The Morgan fingerprint density at radius 3 is 2.52 bits per heavy atom. The molecule has 0 aliphatic carbocycles. The van der Waals surface area contributed by atoms with Crippen LogP contribution < -0.4 is 10.1 Å². The molecular formula is C22H25NO4. The first-order valence-corrected chi connectivity index (χ1v) is 8.97. The molecule has 5 nitrogen and oxygen atoms in total. The lowest BCUT2D eigenvalue weighted by molar-refractivity contribution is -0.143. The van der Waals surface area contributed by atoms with E-state index >= 15 is 0 Å². The van der Waals surface area contributed by atoms with Crippen LogP contribution in [-0.2, 0) is 20.7 Å². The van der Waals surface area contributed by atoms with Crippen LogP contribution >= 0.6 is 0 Å². The molecule has 0 spiro atoms. The van der Waals surface area contributed by atoms with Gasteiger partial charge in [-0.2, -0.15) is 0 Å². The Balaban J connectivity index is 1.68. The van der Waals surface area contributed by atoms with Gasteiger partial charge in [-0.1, -0.05) is 36.4 Å². The summed E-state index contributed by atoms with van der Waals surface area (Å²) in [5, 5.41) is 2.75. The van der Waals surface area contributed by atoms with Gasteiger partial charge in [-0.25, -0.2) is 4.79 Å². The Kier molecular flexibility index (Phi) is 8.10. The van der Waals surface area contributed by atoms with Crippen molar-refractivity contribution < 1.29 is 19.1 Å². The summed E-state index contributed by atoms with van der Waals surface area (Å²) in [6.45, 7) is 4.77. The first-order valence-electron chi connectivity index (χ1n) is 8.97. The van der Waals surface area contributed by atoms with E-state index in [1.807, 2.05) is 62.4 Å². The Bertz CT molecular complexity index is 781. The first-order chi connectivity index (χ1) is 13.1. The van der Waals surface area contributed by atoms with Gasteiger partial charge in [0.05, 0.1) is 6.61 Å². The number of amides is 1. The number of carbonyl (C=O) groups is 2. The third-order valence-corrected chi connectivity index (χ3v) is 3.93. The molecule has 2 rings (SSSR count). The second kappa shape index (κ2) is 10.8. The monoisotopic (exact) mass is 367 g/mol. The van der Waals surface area contributed by atoms with Gasteiger partial charge in [0.2, 0.25) is 0 Å². The lowest BCUT2D eigenvalue weighted by Crippen LogP contribution is -2.30. The zero-order valence-electron chi connectivity index (χ0n) is 15.7. The minimum Gasteiger partial charge on any atom is -0.494 e. The number of esters is 1. The fraction of sp³-hybridized carbons (Fsp3) is 0.273. The Morgan fingerprint density at radius 1 is 1.07 bits per heavy atom. The second-order valence-corrected chi connectivity index (χ2v) is 5.97.